The lowest BCUT2D eigenvalue weighted by Crippen LogP contribution is -2.16. The second kappa shape index (κ2) is 5.06. The van der Waals surface area contributed by atoms with Crippen LogP contribution in [0.1, 0.15) is 21.7 Å². The fourth-order valence-corrected chi connectivity index (χ4v) is 4.59. The van der Waals surface area contributed by atoms with Gasteiger partial charge in [0.25, 0.3) is 10.0 Å². The number of nitrogen functional groups attached to an aromatic ring is 1. The third kappa shape index (κ3) is 2.78. The van der Waals surface area contributed by atoms with Crippen LogP contribution in [0, 0.1) is 27.7 Å². The predicted octanol–water partition coefficient (Wildman–Crippen LogP) is 2.76. The highest BCUT2D eigenvalue weighted by Gasteiger charge is 2.21. The molecule has 2 rings (SSSR count). The molecule has 5 nitrogen and oxygen atoms in total. The summed E-state index contributed by atoms with van der Waals surface area (Å²) in [5.41, 5.74) is 8.36. The SMILES string of the molecule is Cc1cc(N)cc(C)c1S(=O)(=O)Nc1nc(C)c(C)s1. The number of hydrogen-bond acceptors (Lipinski definition) is 5. The molecule has 0 saturated heterocycles. The van der Waals surface area contributed by atoms with Crippen molar-refractivity contribution in [2.45, 2.75) is 32.6 Å². The molecule has 3 N–H and O–H groups in total. The summed E-state index contributed by atoms with van der Waals surface area (Å²) in [6.45, 7) is 7.22. The summed E-state index contributed by atoms with van der Waals surface area (Å²) in [6, 6.07) is 3.31. The Bertz CT molecular complexity index is 721. The number of aryl methyl sites for hydroxylation is 4. The summed E-state index contributed by atoms with van der Waals surface area (Å²) in [5.74, 6) is 0. The minimum atomic E-state index is -3.65. The number of benzene rings is 1. The van der Waals surface area contributed by atoms with Crippen LogP contribution in [0.2, 0.25) is 0 Å². The number of anilines is 2. The van der Waals surface area contributed by atoms with Gasteiger partial charge in [-0.05, 0) is 51.0 Å². The van der Waals surface area contributed by atoms with Crippen molar-refractivity contribution >= 4 is 32.2 Å². The Hall–Kier alpha value is -1.60. The quantitative estimate of drug-likeness (QED) is 0.854. The van der Waals surface area contributed by atoms with Crippen LogP contribution in [0.5, 0.6) is 0 Å². The maximum atomic E-state index is 12.5. The lowest BCUT2D eigenvalue weighted by Gasteiger charge is -2.12. The van der Waals surface area contributed by atoms with E-state index in [0.29, 0.717) is 21.9 Å². The summed E-state index contributed by atoms with van der Waals surface area (Å²) in [4.78, 5) is 5.46. The van der Waals surface area contributed by atoms with Gasteiger partial charge >= 0.3 is 0 Å². The zero-order valence-electron chi connectivity index (χ0n) is 11.8. The highest BCUT2D eigenvalue weighted by Crippen LogP contribution is 2.28. The summed E-state index contributed by atoms with van der Waals surface area (Å²) in [5, 5.41) is 0.385. The van der Waals surface area contributed by atoms with Crippen LogP contribution in [0.15, 0.2) is 17.0 Å². The smallest absolute Gasteiger partial charge is 0.264 e. The van der Waals surface area contributed by atoms with Gasteiger partial charge in [0.15, 0.2) is 5.13 Å². The third-order valence-corrected chi connectivity index (χ3v) is 5.76. The van der Waals surface area contributed by atoms with E-state index in [1.165, 1.54) is 11.3 Å². The van der Waals surface area contributed by atoms with Gasteiger partial charge < -0.3 is 5.73 Å². The van der Waals surface area contributed by atoms with E-state index in [-0.39, 0.29) is 4.90 Å². The molecule has 0 saturated carbocycles. The van der Waals surface area contributed by atoms with E-state index in [0.717, 1.165) is 10.6 Å². The third-order valence-electron chi connectivity index (χ3n) is 3.00. The largest absolute Gasteiger partial charge is 0.399 e. The molecule has 0 fully saturated rings. The number of rotatable bonds is 3. The molecule has 1 heterocycles. The van der Waals surface area contributed by atoms with E-state index in [9.17, 15) is 8.42 Å². The number of nitrogens with two attached hydrogens (primary N) is 1. The molecule has 0 spiro atoms. The van der Waals surface area contributed by atoms with Crippen molar-refractivity contribution in [3.05, 3.63) is 33.8 Å². The normalized spacial score (nSPS) is 11.6. The molecule has 0 atom stereocenters. The molecule has 0 aliphatic heterocycles. The monoisotopic (exact) mass is 311 g/mol. The second-order valence-electron chi connectivity index (χ2n) is 4.75. The average Bonchev–Trinajstić information content (AvgIpc) is 2.54. The summed E-state index contributed by atoms with van der Waals surface area (Å²) in [6.07, 6.45) is 0. The number of sulfonamides is 1. The molecule has 7 heteroatoms. The number of nitrogens with zero attached hydrogens (tertiary/aromatic N) is 1. The molecule has 0 aliphatic rings. The minimum Gasteiger partial charge on any atom is -0.399 e. The zero-order chi connectivity index (χ0) is 15.1. The Balaban J connectivity index is 2.46. The lowest BCUT2D eigenvalue weighted by molar-refractivity contribution is 0.600. The first kappa shape index (κ1) is 14.8. The van der Waals surface area contributed by atoms with E-state index in [2.05, 4.69) is 9.71 Å². The molecule has 0 bridgehead atoms. The molecular formula is C13H17N3O2S2. The highest BCUT2D eigenvalue weighted by molar-refractivity contribution is 7.93. The molecule has 0 radical (unpaired) electrons. The van der Waals surface area contributed by atoms with Crippen LogP contribution in [0.4, 0.5) is 10.8 Å². The van der Waals surface area contributed by atoms with Gasteiger partial charge in [-0.15, -0.1) is 11.3 Å². The van der Waals surface area contributed by atoms with E-state index in [4.69, 9.17) is 5.73 Å². The van der Waals surface area contributed by atoms with Gasteiger partial charge in [-0.25, -0.2) is 13.4 Å². The Kier molecular flexibility index (Phi) is 3.75. The van der Waals surface area contributed by atoms with Gasteiger partial charge in [0, 0.05) is 10.6 Å². The first-order valence-electron chi connectivity index (χ1n) is 6.04. The highest BCUT2D eigenvalue weighted by atomic mass is 32.2. The Labute approximate surface area is 122 Å². The molecule has 1 aromatic carbocycles. The maximum Gasteiger partial charge on any atom is 0.264 e. The van der Waals surface area contributed by atoms with Crippen molar-refractivity contribution < 1.29 is 8.42 Å². The number of aromatic nitrogens is 1. The van der Waals surface area contributed by atoms with Gasteiger partial charge in [-0.2, -0.15) is 0 Å². The summed E-state index contributed by atoms with van der Waals surface area (Å²) >= 11 is 1.32. The first-order valence-corrected chi connectivity index (χ1v) is 8.34. The molecule has 1 aromatic heterocycles. The fourth-order valence-electron chi connectivity index (χ4n) is 2.09. The van der Waals surface area contributed by atoms with Crippen molar-refractivity contribution in [3.8, 4) is 0 Å². The van der Waals surface area contributed by atoms with Crippen molar-refractivity contribution in [2.75, 3.05) is 10.5 Å². The number of hydrogen-bond donors (Lipinski definition) is 2. The Morgan fingerprint density at radius 1 is 1.15 bits per heavy atom. The van der Waals surface area contributed by atoms with Gasteiger partial charge in [0.2, 0.25) is 0 Å². The zero-order valence-corrected chi connectivity index (χ0v) is 13.4. The Morgan fingerprint density at radius 2 is 1.70 bits per heavy atom. The molecular weight excluding hydrogens is 294 g/mol. The molecule has 108 valence electrons. The van der Waals surface area contributed by atoms with Crippen LogP contribution in [0.25, 0.3) is 0 Å². The van der Waals surface area contributed by atoms with Crippen molar-refractivity contribution in [1.29, 1.82) is 0 Å². The topological polar surface area (TPSA) is 85.1 Å². The van der Waals surface area contributed by atoms with E-state index in [1.54, 1.807) is 26.0 Å². The lowest BCUT2D eigenvalue weighted by atomic mass is 10.1. The molecule has 0 aliphatic carbocycles. The van der Waals surface area contributed by atoms with Gasteiger partial charge in [0.05, 0.1) is 10.6 Å². The van der Waals surface area contributed by atoms with Crippen molar-refractivity contribution in [3.63, 3.8) is 0 Å². The summed E-state index contributed by atoms with van der Waals surface area (Å²) < 4.78 is 27.5. The minimum absolute atomic E-state index is 0.261. The fraction of sp³-hybridized carbons (Fsp3) is 0.308. The van der Waals surface area contributed by atoms with Crippen LogP contribution >= 0.6 is 11.3 Å². The van der Waals surface area contributed by atoms with Crippen LogP contribution in [-0.2, 0) is 10.0 Å². The average molecular weight is 311 g/mol. The summed E-state index contributed by atoms with van der Waals surface area (Å²) in [7, 11) is -3.65. The van der Waals surface area contributed by atoms with Gasteiger partial charge in [0.1, 0.15) is 0 Å². The van der Waals surface area contributed by atoms with Crippen LogP contribution in [-0.4, -0.2) is 13.4 Å². The standard InChI is InChI=1S/C13H17N3O2S2/c1-7-5-11(14)6-8(2)12(7)20(17,18)16-13-15-9(3)10(4)19-13/h5-6H,14H2,1-4H3,(H,15,16). The van der Waals surface area contributed by atoms with Crippen LogP contribution in [0.3, 0.4) is 0 Å². The first-order chi connectivity index (χ1) is 9.20. The molecule has 0 unspecified atom stereocenters. The van der Waals surface area contributed by atoms with Crippen LogP contribution < -0.4 is 10.5 Å². The van der Waals surface area contributed by atoms with Crippen molar-refractivity contribution in [1.82, 2.24) is 4.98 Å². The number of thiazole rings is 1. The van der Waals surface area contributed by atoms with Crippen molar-refractivity contribution in [2.24, 2.45) is 0 Å². The van der Waals surface area contributed by atoms with E-state index >= 15 is 0 Å². The molecule has 0 amide bonds. The Morgan fingerprint density at radius 3 is 2.15 bits per heavy atom. The van der Waals surface area contributed by atoms with Gasteiger partial charge in [-0.3, -0.25) is 4.72 Å². The molecule has 20 heavy (non-hydrogen) atoms. The molecule has 2 aromatic rings. The van der Waals surface area contributed by atoms with E-state index < -0.39 is 10.0 Å². The maximum absolute atomic E-state index is 12.5. The predicted molar refractivity (Wildman–Crippen MR) is 82.7 cm³/mol. The number of nitrogens with one attached hydrogen (secondary N) is 1. The van der Waals surface area contributed by atoms with E-state index in [1.807, 2.05) is 13.8 Å². The second-order valence-corrected chi connectivity index (χ2v) is 7.57. The van der Waals surface area contributed by atoms with Gasteiger partial charge in [-0.1, -0.05) is 0 Å².